The lowest BCUT2D eigenvalue weighted by atomic mass is 9.33. The minimum Gasteiger partial charge on any atom is -0.469 e. The van der Waals surface area contributed by atoms with E-state index < -0.39 is 0 Å². The van der Waals surface area contributed by atoms with E-state index in [4.69, 9.17) is 9.47 Å². The van der Waals surface area contributed by atoms with Crippen molar-refractivity contribution in [3.8, 4) is 0 Å². The van der Waals surface area contributed by atoms with Crippen LogP contribution in [0, 0.1) is 56.7 Å². The number of allylic oxidation sites excluding steroid dienone is 2. The summed E-state index contributed by atoms with van der Waals surface area (Å²) < 4.78 is 11.7. The van der Waals surface area contributed by atoms with Gasteiger partial charge in [0.2, 0.25) is 0 Å². The first-order valence-corrected chi connectivity index (χ1v) is 14.5. The minimum absolute atomic E-state index is 0.0371. The monoisotopic (exact) mass is 484 g/mol. The van der Waals surface area contributed by atoms with E-state index in [0.717, 1.165) is 38.5 Å². The summed E-state index contributed by atoms with van der Waals surface area (Å²) in [6.45, 7) is 15.0. The highest BCUT2D eigenvalue weighted by Gasteiger charge is 2.73. The Morgan fingerprint density at radius 2 is 1.83 bits per heavy atom. The molecule has 4 nitrogen and oxygen atoms in total. The van der Waals surface area contributed by atoms with Crippen LogP contribution in [0.2, 0.25) is 0 Å². The second kappa shape index (κ2) is 7.37. The van der Waals surface area contributed by atoms with E-state index >= 15 is 0 Å². The first-order valence-electron chi connectivity index (χ1n) is 14.5. The Morgan fingerprint density at radius 1 is 1.09 bits per heavy atom. The van der Waals surface area contributed by atoms with Gasteiger partial charge in [-0.25, -0.2) is 0 Å². The summed E-state index contributed by atoms with van der Waals surface area (Å²) >= 11 is 0. The number of aliphatic hydroxyl groups excluding tert-OH is 1. The summed E-state index contributed by atoms with van der Waals surface area (Å²) in [5.74, 6) is 2.55. The topological polar surface area (TPSA) is 59.1 Å². The van der Waals surface area contributed by atoms with Crippen molar-refractivity contribution in [1.29, 1.82) is 0 Å². The van der Waals surface area contributed by atoms with Crippen LogP contribution in [0.15, 0.2) is 11.6 Å². The van der Waals surface area contributed by atoms with Crippen LogP contribution in [0.25, 0.3) is 0 Å². The molecule has 0 aromatic heterocycles. The average Bonchev–Trinajstić information content (AvgIpc) is 3.61. The van der Waals surface area contributed by atoms with Crippen molar-refractivity contribution in [1.82, 2.24) is 0 Å². The zero-order chi connectivity index (χ0) is 25.2. The van der Waals surface area contributed by atoms with Gasteiger partial charge in [0.25, 0.3) is 0 Å². The molecule has 6 aliphatic rings. The molecule has 1 aliphatic heterocycles. The first-order chi connectivity index (χ1) is 16.4. The number of aliphatic hydroxyl groups is 1. The largest absolute Gasteiger partial charge is 0.469 e. The standard InChI is InChI=1S/C31H48O4/c1-18-10-13-31(26(33)34-7)15-14-29(5)20(24(31)19(18)2)8-9-23-27(3)16-21-25(35-21)28(4,17-32)22(27)11-12-30(23,29)6/h8,18-19,21-25,32H,9-17H2,1-7H3/t18-,19+,21?,22?,23?,24?,25?,27+,28-,29-,30-,31+/m1/s1. The number of hydrogen-bond acceptors (Lipinski definition) is 4. The lowest BCUT2D eigenvalue weighted by Crippen LogP contribution is -2.65. The molecule has 0 radical (unpaired) electrons. The molecule has 0 aromatic carbocycles. The number of rotatable bonds is 2. The Morgan fingerprint density at radius 3 is 2.51 bits per heavy atom. The number of hydrogen-bond donors (Lipinski definition) is 1. The van der Waals surface area contributed by atoms with E-state index in [2.05, 4.69) is 47.6 Å². The zero-order valence-corrected chi connectivity index (χ0v) is 23.2. The smallest absolute Gasteiger partial charge is 0.312 e. The van der Waals surface area contributed by atoms with E-state index in [-0.39, 0.29) is 45.8 Å². The number of ether oxygens (including phenoxy) is 2. The molecule has 1 heterocycles. The van der Waals surface area contributed by atoms with Crippen molar-refractivity contribution >= 4 is 5.97 Å². The van der Waals surface area contributed by atoms with Crippen molar-refractivity contribution in [3.05, 3.63) is 11.6 Å². The third-order valence-corrected chi connectivity index (χ3v) is 13.9. The van der Waals surface area contributed by atoms with Crippen molar-refractivity contribution < 1.29 is 19.4 Å². The van der Waals surface area contributed by atoms with Gasteiger partial charge in [-0.1, -0.05) is 53.2 Å². The fraction of sp³-hybridized carbons (Fsp3) is 0.903. The Balaban J connectivity index is 1.45. The van der Waals surface area contributed by atoms with Gasteiger partial charge in [0.05, 0.1) is 31.3 Å². The van der Waals surface area contributed by atoms with Crippen molar-refractivity contribution in [2.24, 2.45) is 56.7 Å². The van der Waals surface area contributed by atoms with Crippen LogP contribution in [0.4, 0.5) is 0 Å². The molecule has 0 spiro atoms. The van der Waals surface area contributed by atoms with Gasteiger partial charge in [-0.05, 0) is 97.2 Å². The molecule has 5 aliphatic carbocycles. The van der Waals surface area contributed by atoms with Crippen LogP contribution in [0.3, 0.4) is 0 Å². The molecule has 4 saturated carbocycles. The molecule has 0 aromatic rings. The maximum atomic E-state index is 13.4. The number of carbonyl (C=O) groups excluding carboxylic acids is 1. The van der Waals surface area contributed by atoms with Crippen molar-refractivity contribution in [2.45, 2.75) is 105 Å². The number of carbonyl (C=O) groups is 1. The molecule has 0 bridgehead atoms. The van der Waals surface area contributed by atoms with Gasteiger partial charge in [-0.15, -0.1) is 0 Å². The van der Waals surface area contributed by atoms with Gasteiger partial charge in [-0.2, -0.15) is 0 Å². The minimum atomic E-state index is -0.342. The van der Waals surface area contributed by atoms with E-state index in [9.17, 15) is 9.90 Å². The van der Waals surface area contributed by atoms with Crippen molar-refractivity contribution in [3.63, 3.8) is 0 Å². The predicted molar refractivity (Wildman–Crippen MR) is 136 cm³/mol. The Bertz CT molecular complexity index is 958. The van der Waals surface area contributed by atoms with Gasteiger partial charge in [0.15, 0.2) is 0 Å². The van der Waals surface area contributed by atoms with Crippen LogP contribution >= 0.6 is 0 Å². The number of epoxide rings is 1. The fourth-order valence-electron chi connectivity index (χ4n) is 11.5. The van der Waals surface area contributed by atoms with E-state index in [0.29, 0.717) is 35.7 Å². The molecular weight excluding hydrogens is 436 g/mol. The first kappa shape index (κ1) is 24.5. The van der Waals surface area contributed by atoms with Crippen LogP contribution in [-0.4, -0.2) is 37.0 Å². The van der Waals surface area contributed by atoms with Gasteiger partial charge in [0, 0.05) is 5.41 Å². The molecule has 0 amide bonds. The second-order valence-electron chi connectivity index (χ2n) is 14.8. The van der Waals surface area contributed by atoms with Gasteiger partial charge >= 0.3 is 5.97 Å². The lowest BCUT2D eigenvalue weighted by Gasteiger charge is -2.70. The third-order valence-electron chi connectivity index (χ3n) is 13.9. The summed E-state index contributed by atoms with van der Waals surface area (Å²) in [5.41, 5.74) is 1.61. The lowest BCUT2D eigenvalue weighted by molar-refractivity contribution is -0.192. The van der Waals surface area contributed by atoms with Gasteiger partial charge < -0.3 is 14.6 Å². The Kier molecular flexibility index (Phi) is 5.15. The van der Waals surface area contributed by atoms with Gasteiger partial charge in [0.1, 0.15) is 0 Å². The Hall–Kier alpha value is -0.870. The molecule has 6 rings (SSSR count). The molecule has 35 heavy (non-hydrogen) atoms. The summed E-state index contributed by atoms with van der Waals surface area (Å²) in [4.78, 5) is 13.4. The van der Waals surface area contributed by atoms with E-state index in [1.807, 2.05) is 0 Å². The summed E-state index contributed by atoms with van der Waals surface area (Å²) in [6, 6.07) is 0. The van der Waals surface area contributed by atoms with Crippen LogP contribution in [0.5, 0.6) is 0 Å². The van der Waals surface area contributed by atoms with Gasteiger partial charge in [-0.3, -0.25) is 4.79 Å². The highest BCUT2D eigenvalue weighted by atomic mass is 16.6. The summed E-state index contributed by atoms with van der Waals surface area (Å²) in [6.07, 6.45) is 12.0. The molecule has 5 fully saturated rings. The molecule has 196 valence electrons. The quantitative estimate of drug-likeness (QED) is 0.289. The van der Waals surface area contributed by atoms with Crippen LogP contribution in [-0.2, 0) is 14.3 Å². The average molecular weight is 485 g/mol. The van der Waals surface area contributed by atoms with Crippen molar-refractivity contribution in [2.75, 3.05) is 13.7 Å². The van der Waals surface area contributed by atoms with Crippen LogP contribution < -0.4 is 0 Å². The normalized spacial score (nSPS) is 58.5. The molecular formula is C31H48O4. The molecule has 1 N–H and O–H groups in total. The fourth-order valence-corrected chi connectivity index (χ4v) is 11.5. The maximum absolute atomic E-state index is 13.4. The summed E-state index contributed by atoms with van der Waals surface area (Å²) in [5, 5.41) is 10.6. The second-order valence-corrected chi connectivity index (χ2v) is 14.8. The van der Waals surface area contributed by atoms with Crippen LogP contribution in [0.1, 0.15) is 92.9 Å². The summed E-state index contributed by atoms with van der Waals surface area (Å²) in [7, 11) is 1.59. The number of methoxy groups -OCH3 is 1. The SMILES string of the molecule is COC(=O)[C@]12CC[C@@H](C)[C@H](C)C1C1=CCC3[C@@]4(C)CC5OC5[C@](C)(CO)C4CC[C@@]3(C)[C@]1(C)CC2. The third kappa shape index (κ3) is 2.75. The molecule has 1 saturated heterocycles. The molecule has 12 atom stereocenters. The highest BCUT2D eigenvalue weighted by Crippen LogP contribution is 2.77. The molecule has 5 unspecified atom stereocenters. The number of esters is 1. The molecule has 4 heteroatoms. The zero-order valence-electron chi connectivity index (χ0n) is 23.2. The highest BCUT2D eigenvalue weighted by molar-refractivity contribution is 5.78. The number of fused-ring (bicyclic) bond motifs is 8. The predicted octanol–water partition coefficient (Wildman–Crippen LogP) is 6.17. The Labute approximate surface area is 212 Å². The van der Waals surface area contributed by atoms with E-state index in [1.54, 1.807) is 12.7 Å². The maximum Gasteiger partial charge on any atom is 0.312 e. The van der Waals surface area contributed by atoms with E-state index in [1.165, 1.54) is 12.8 Å².